The number of aliphatic carboxylic acids is 1. The smallest absolute Gasteiger partial charge is 0.322 e. The number of nitrogens with one attached hydrogen (secondary N) is 1. The Hall–Kier alpha value is -3.61. The molecule has 1 aromatic heterocycles. The van der Waals surface area contributed by atoms with Gasteiger partial charge >= 0.3 is 5.97 Å². The maximum absolute atomic E-state index is 12.0. The summed E-state index contributed by atoms with van der Waals surface area (Å²) in [4.78, 5) is 26.4. The van der Waals surface area contributed by atoms with Crippen LogP contribution in [0.4, 0.5) is 0 Å². The van der Waals surface area contributed by atoms with E-state index in [4.69, 9.17) is 9.84 Å². The van der Waals surface area contributed by atoms with Crippen molar-refractivity contribution in [2.24, 2.45) is 0 Å². The number of carboxylic acids is 1. The van der Waals surface area contributed by atoms with Crippen LogP contribution in [-0.4, -0.2) is 33.6 Å². The van der Waals surface area contributed by atoms with Crippen molar-refractivity contribution in [2.75, 3.05) is 6.54 Å². The van der Waals surface area contributed by atoms with Gasteiger partial charge < -0.3 is 20.3 Å². The summed E-state index contributed by atoms with van der Waals surface area (Å²) in [5, 5.41) is 22.0. The van der Waals surface area contributed by atoms with Crippen molar-refractivity contribution >= 4 is 22.6 Å². The first-order chi connectivity index (χ1) is 12.1. The lowest BCUT2D eigenvalue weighted by molar-refractivity contribution is -0.135. The summed E-state index contributed by atoms with van der Waals surface area (Å²) in [6.45, 7) is -0.560. The fourth-order valence-electron chi connectivity index (χ4n) is 2.31. The molecule has 0 fully saturated rings. The molecule has 3 aromatic rings. The van der Waals surface area contributed by atoms with E-state index >= 15 is 0 Å². The van der Waals surface area contributed by atoms with Gasteiger partial charge in [-0.15, -0.1) is 0 Å². The zero-order valence-electron chi connectivity index (χ0n) is 13.0. The molecule has 3 N–H and O–H groups in total. The molecule has 0 unspecified atom stereocenters. The fraction of sp³-hybridized carbons (Fsp3) is 0.0556. The molecule has 0 saturated heterocycles. The molecule has 0 atom stereocenters. The number of carbonyl (C=O) groups excluding carboxylic acids is 1. The van der Waals surface area contributed by atoms with E-state index in [9.17, 15) is 14.7 Å². The molecule has 7 heteroatoms. The number of pyridine rings is 1. The van der Waals surface area contributed by atoms with Crippen molar-refractivity contribution in [2.45, 2.75) is 0 Å². The highest BCUT2D eigenvalue weighted by atomic mass is 16.5. The molecule has 25 heavy (non-hydrogen) atoms. The molecule has 0 aliphatic carbocycles. The standard InChI is InChI=1S/C18H14N2O5/c21-15(22)10-20-18(24)16-17(23)12-7-4-8-14(13(12)9-19-16)25-11-5-2-1-3-6-11/h1-9,23H,10H2,(H,20,24)(H,21,22). The van der Waals surface area contributed by atoms with Crippen molar-refractivity contribution in [1.82, 2.24) is 10.3 Å². The average molecular weight is 338 g/mol. The molecule has 0 aliphatic rings. The van der Waals surface area contributed by atoms with Crippen molar-refractivity contribution in [1.29, 1.82) is 0 Å². The third-order valence-electron chi connectivity index (χ3n) is 3.45. The van der Waals surface area contributed by atoms with Gasteiger partial charge in [-0.3, -0.25) is 9.59 Å². The minimum atomic E-state index is -1.19. The Morgan fingerprint density at radius 3 is 2.52 bits per heavy atom. The second kappa shape index (κ2) is 6.88. The number of benzene rings is 2. The molecule has 0 bridgehead atoms. The van der Waals surface area contributed by atoms with Crippen LogP contribution in [0.1, 0.15) is 10.5 Å². The molecule has 1 amide bonds. The molecule has 7 nitrogen and oxygen atoms in total. The lowest BCUT2D eigenvalue weighted by Crippen LogP contribution is -2.29. The van der Waals surface area contributed by atoms with Crippen LogP contribution in [0.25, 0.3) is 10.8 Å². The molecule has 1 heterocycles. The molecule has 0 radical (unpaired) electrons. The van der Waals surface area contributed by atoms with E-state index in [1.165, 1.54) is 6.20 Å². The highest BCUT2D eigenvalue weighted by Gasteiger charge is 2.18. The van der Waals surface area contributed by atoms with E-state index in [1.54, 1.807) is 30.3 Å². The van der Waals surface area contributed by atoms with E-state index in [0.29, 0.717) is 22.3 Å². The van der Waals surface area contributed by atoms with Crippen LogP contribution >= 0.6 is 0 Å². The Kier molecular flexibility index (Phi) is 4.47. The molecule has 3 rings (SSSR count). The summed E-state index contributed by atoms with van der Waals surface area (Å²) in [5.41, 5.74) is -0.245. The van der Waals surface area contributed by atoms with E-state index < -0.39 is 18.4 Å². The van der Waals surface area contributed by atoms with E-state index in [2.05, 4.69) is 10.3 Å². The first-order valence-corrected chi connectivity index (χ1v) is 7.40. The Balaban J connectivity index is 1.97. The number of para-hydroxylation sites is 1. The number of aromatic nitrogens is 1. The number of amides is 1. The molecule has 0 aliphatic heterocycles. The maximum Gasteiger partial charge on any atom is 0.322 e. The van der Waals surface area contributed by atoms with Crippen molar-refractivity contribution < 1.29 is 24.5 Å². The number of carboxylic acid groups (broad SMARTS) is 1. The topological polar surface area (TPSA) is 109 Å². The van der Waals surface area contributed by atoms with Gasteiger partial charge in [0.1, 0.15) is 18.0 Å². The predicted octanol–water partition coefficient (Wildman–Crippen LogP) is 2.55. The van der Waals surface area contributed by atoms with Gasteiger partial charge in [0, 0.05) is 17.0 Å². The quantitative estimate of drug-likeness (QED) is 0.660. The third-order valence-corrected chi connectivity index (χ3v) is 3.45. The van der Waals surface area contributed by atoms with Gasteiger partial charge in [0.15, 0.2) is 11.4 Å². The number of carbonyl (C=O) groups is 2. The van der Waals surface area contributed by atoms with Crippen LogP contribution in [0.5, 0.6) is 17.2 Å². The summed E-state index contributed by atoms with van der Waals surface area (Å²) < 4.78 is 5.80. The molecular weight excluding hydrogens is 324 g/mol. The van der Waals surface area contributed by atoms with Gasteiger partial charge in [0.25, 0.3) is 5.91 Å². The summed E-state index contributed by atoms with van der Waals surface area (Å²) in [6.07, 6.45) is 1.41. The van der Waals surface area contributed by atoms with Crippen LogP contribution in [0.3, 0.4) is 0 Å². The van der Waals surface area contributed by atoms with Gasteiger partial charge in [-0.2, -0.15) is 0 Å². The molecule has 126 valence electrons. The van der Waals surface area contributed by atoms with E-state index in [0.717, 1.165) is 0 Å². The van der Waals surface area contributed by atoms with Gasteiger partial charge in [-0.1, -0.05) is 30.3 Å². The summed E-state index contributed by atoms with van der Waals surface area (Å²) in [5.74, 6) is -1.19. The van der Waals surface area contributed by atoms with Gasteiger partial charge in [-0.05, 0) is 18.2 Å². The van der Waals surface area contributed by atoms with E-state index in [-0.39, 0.29) is 11.4 Å². The molecule has 0 saturated carbocycles. The van der Waals surface area contributed by atoms with Gasteiger partial charge in [0.2, 0.25) is 0 Å². The van der Waals surface area contributed by atoms with Crippen LogP contribution in [0, 0.1) is 0 Å². The largest absolute Gasteiger partial charge is 0.505 e. The maximum atomic E-state index is 12.0. The van der Waals surface area contributed by atoms with Crippen molar-refractivity contribution in [3.63, 3.8) is 0 Å². The van der Waals surface area contributed by atoms with Gasteiger partial charge in [0.05, 0.1) is 0 Å². The molecule has 2 aromatic carbocycles. The van der Waals surface area contributed by atoms with Crippen molar-refractivity contribution in [3.8, 4) is 17.2 Å². The SMILES string of the molecule is O=C(O)CNC(=O)c1ncc2c(Oc3ccccc3)cccc2c1O. The predicted molar refractivity (Wildman–Crippen MR) is 89.9 cm³/mol. The Morgan fingerprint density at radius 2 is 1.80 bits per heavy atom. The number of nitrogens with zero attached hydrogens (tertiary/aromatic N) is 1. The number of hydrogen-bond donors (Lipinski definition) is 3. The second-order valence-electron chi connectivity index (χ2n) is 5.16. The van der Waals surface area contributed by atoms with Crippen LogP contribution in [0.15, 0.2) is 54.7 Å². The lowest BCUT2D eigenvalue weighted by Gasteiger charge is -2.11. The minimum absolute atomic E-state index is 0.245. The average Bonchev–Trinajstić information content (AvgIpc) is 2.61. The zero-order chi connectivity index (χ0) is 17.8. The minimum Gasteiger partial charge on any atom is -0.505 e. The zero-order valence-corrected chi connectivity index (χ0v) is 13.0. The fourth-order valence-corrected chi connectivity index (χ4v) is 2.31. The third kappa shape index (κ3) is 3.50. The number of rotatable bonds is 5. The molecular formula is C18H14N2O5. The van der Waals surface area contributed by atoms with E-state index in [1.807, 2.05) is 18.2 Å². The highest BCUT2D eigenvalue weighted by molar-refractivity contribution is 6.03. The number of ether oxygens (including phenoxy) is 1. The lowest BCUT2D eigenvalue weighted by atomic mass is 10.1. The second-order valence-corrected chi connectivity index (χ2v) is 5.16. The summed E-state index contributed by atoms with van der Waals surface area (Å²) in [6, 6.07) is 14.1. The van der Waals surface area contributed by atoms with Crippen LogP contribution in [0.2, 0.25) is 0 Å². The normalized spacial score (nSPS) is 10.4. The highest BCUT2D eigenvalue weighted by Crippen LogP contribution is 2.34. The monoisotopic (exact) mass is 338 g/mol. The Morgan fingerprint density at radius 1 is 1.04 bits per heavy atom. The first kappa shape index (κ1) is 16.3. The first-order valence-electron chi connectivity index (χ1n) is 7.40. The Labute approximate surface area is 142 Å². The summed E-state index contributed by atoms with van der Waals surface area (Å²) >= 11 is 0. The Bertz CT molecular complexity index is 941. The number of fused-ring (bicyclic) bond motifs is 1. The number of hydrogen-bond acceptors (Lipinski definition) is 5. The molecule has 0 spiro atoms. The van der Waals surface area contributed by atoms with Crippen LogP contribution in [-0.2, 0) is 4.79 Å². The van der Waals surface area contributed by atoms with Crippen LogP contribution < -0.4 is 10.1 Å². The van der Waals surface area contributed by atoms with Gasteiger partial charge in [-0.25, -0.2) is 4.98 Å². The number of aromatic hydroxyl groups is 1. The van der Waals surface area contributed by atoms with Crippen molar-refractivity contribution in [3.05, 3.63) is 60.4 Å². The summed E-state index contributed by atoms with van der Waals surface area (Å²) in [7, 11) is 0.